The molecule has 0 amide bonds. The van der Waals surface area contributed by atoms with Crippen molar-refractivity contribution >= 4 is 5.96 Å². The van der Waals surface area contributed by atoms with Crippen molar-refractivity contribution in [3.63, 3.8) is 0 Å². The summed E-state index contributed by atoms with van der Waals surface area (Å²) in [5.41, 5.74) is 5.96. The number of guanidine groups is 1. The highest BCUT2D eigenvalue weighted by molar-refractivity contribution is 5.78. The number of aliphatic imine (C=N–C) groups is 1. The van der Waals surface area contributed by atoms with Gasteiger partial charge in [-0.3, -0.25) is 4.99 Å². The molecule has 1 atom stereocenters. The third-order valence-corrected chi connectivity index (χ3v) is 4.19. The number of hydrogen-bond donors (Lipinski definition) is 1. The predicted octanol–water partition coefficient (Wildman–Crippen LogP) is 1.08. The van der Waals surface area contributed by atoms with E-state index >= 15 is 0 Å². The Morgan fingerprint density at radius 3 is 2.78 bits per heavy atom. The van der Waals surface area contributed by atoms with Crippen LogP contribution in [-0.4, -0.2) is 49.0 Å². The third-order valence-electron chi connectivity index (χ3n) is 4.19. The molecule has 2 N–H and O–H groups in total. The molecule has 5 nitrogen and oxygen atoms in total. The molecule has 3 aliphatic rings. The Bertz CT molecular complexity index is 335. The van der Waals surface area contributed by atoms with Crippen LogP contribution in [-0.2, 0) is 9.47 Å². The fraction of sp³-hybridized carbons (Fsp3) is 0.923. The normalized spacial score (nSPS) is 31.2. The zero-order chi connectivity index (χ0) is 12.6. The molecule has 1 heterocycles. The lowest BCUT2D eigenvalue weighted by Crippen LogP contribution is -2.36. The maximum atomic E-state index is 6.01. The molecule has 18 heavy (non-hydrogen) atoms. The smallest absolute Gasteiger partial charge is 0.191 e. The van der Waals surface area contributed by atoms with Crippen LogP contribution in [0.15, 0.2) is 4.99 Å². The number of hydrogen-bond acceptors (Lipinski definition) is 3. The monoisotopic (exact) mass is 253 g/mol. The van der Waals surface area contributed by atoms with Gasteiger partial charge in [0.05, 0.1) is 13.2 Å². The van der Waals surface area contributed by atoms with Crippen molar-refractivity contribution in [2.45, 2.75) is 56.5 Å². The third kappa shape index (κ3) is 2.47. The van der Waals surface area contributed by atoms with Crippen molar-refractivity contribution in [2.75, 3.05) is 20.2 Å². The molecule has 0 aromatic heterocycles. The average molecular weight is 253 g/mol. The molecule has 0 aromatic carbocycles. The number of nitrogens with zero attached hydrogens (tertiary/aromatic N) is 2. The summed E-state index contributed by atoms with van der Waals surface area (Å²) in [4.78, 5) is 6.51. The number of nitrogens with two attached hydrogens (primary N) is 1. The molecule has 0 radical (unpaired) electrons. The predicted molar refractivity (Wildman–Crippen MR) is 69.3 cm³/mol. The lowest BCUT2D eigenvalue weighted by molar-refractivity contribution is -0.160. The Hall–Kier alpha value is -0.810. The highest BCUT2D eigenvalue weighted by Gasteiger charge is 2.43. The van der Waals surface area contributed by atoms with Crippen LogP contribution in [0.4, 0.5) is 0 Å². The summed E-state index contributed by atoms with van der Waals surface area (Å²) in [5, 5.41) is 0. The zero-order valence-corrected chi connectivity index (χ0v) is 11.1. The van der Waals surface area contributed by atoms with Gasteiger partial charge in [0.15, 0.2) is 11.7 Å². The second-order valence-corrected chi connectivity index (χ2v) is 5.71. The van der Waals surface area contributed by atoms with Gasteiger partial charge in [-0.1, -0.05) is 0 Å². The Labute approximate surface area is 108 Å². The van der Waals surface area contributed by atoms with Gasteiger partial charge >= 0.3 is 0 Å². The first-order valence-electron chi connectivity index (χ1n) is 7.03. The fourth-order valence-corrected chi connectivity index (χ4v) is 2.84. The molecule has 1 saturated heterocycles. The van der Waals surface area contributed by atoms with Crippen molar-refractivity contribution < 1.29 is 9.47 Å². The Balaban J connectivity index is 1.50. The Morgan fingerprint density at radius 1 is 1.39 bits per heavy atom. The van der Waals surface area contributed by atoms with Crippen LogP contribution in [0, 0.1) is 0 Å². The van der Waals surface area contributed by atoms with Gasteiger partial charge in [-0.15, -0.1) is 0 Å². The van der Waals surface area contributed by atoms with E-state index in [0.717, 1.165) is 12.8 Å². The summed E-state index contributed by atoms with van der Waals surface area (Å²) in [7, 11) is 2.01. The van der Waals surface area contributed by atoms with Crippen molar-refractivity contribution in [3.8, 4) is 0 Å². The van der Waals surface area contributed by atoms with Gasteiger partial charge in [-0.05, 0) is 25.7 Å². The van der Waals surface area contributed by atoms with Crippen molar-refractivity contribution in [1.29, 1.82) is 0 Å². The molecule has 5 heteroatoms. The first-order valence-corrected chi connectivity index (χ1v) is 7.03. The topological polar surface area (TPSA) is 60.1 Å². The second kappa shape index (κ2) is 4.70. The highest BCUT2D eigenvalue weighted by Crippen LogP contribution is 2.39. The quantitative estimate of drug-likeness (QED) is 0.604. The van der Waals surface area contributed by atoms with Crippen LogP contribution in [0.3, 0.4) is 0 Å². The maximum absolute atomic E-state index is 6.01. The molecular weight excluding hydrogens is 230 g/mol. The minimum absolute atomic E-state index is 0.0780. The van der Waals surface area contributed by atoms with E-state index in [1.54, 1.807) is 0 Å². The van der Waals surface area contributed by atoms with E-state index in [1.165, 1.54) is 25.7 Å². The molecule has 3 fully saturated rings. The molecule has 0 bridgehead atoms. The standard InChI is InChI=1S/C13H23N3O2/c1-16(10-4-5-10)12(14)15-8-11-9-17-13(18-11)6-2-3-7-13/h10-11H,2-9H2,1H3,(H2,14,15). The SMILES string of the molecule is CN(C(N)=NCC1COC2(CCCC2)O1)C1CC1. The molecule has 1 aliphatic heterocycles. The van der Waals surface area contributed by atoms with Crippen molar-refractivity contribution in [3.05, 3.63) is 0 Å². The highest BCUT2D eigenvalue weighted by atomic mass is 16.7. The Morgan fingerprint density at radius 2 is 2.11 bits per heavy atom. The van der Waals surface area contributed by atoms with Gasteiger partial charge in [0.2, 0.25) is 0 Å². The maximum Gasteiger partial charge on any atom is 0.191 e. The number of rotatable bonds is 3. The van der Waals surface area contributed by atoms with E-state index in [1.807, 2.05) is 7.05 Å². The first kappa shape index (κ1) is 12.2. The van der Waals surface area contributed by atoms with Crippen LogP contribution < -0.4 is 5.73 Å². The zero-order valence-electron chi connectivity index (χ0n) is 11.1. The van der Waals surface area contributed by atoms with Gasteiger partial charge in [0.1, 0.15) is 6.10 Å². The number of ether oxygens (including phenoxy) is 2. The molecule has 1 unspecified atom stereocenters. The summed E-state index contributed by atoms with van der Waals surface area (Å²) >= 11 is 0. The molecule has 3 rings (SSSR count). The molecule has 1 spiro atoms. The summed E-state index contributed by atoms with van der Waals surface area (Å²) in [6.07, 6.45) is 7.03. The van der Waals surface area contributed by atoms with Crippen molar-refractivity contribution in [1.82, 2.24) is 4.90 Å². The average Bonchev–Trinajstić information content (AvgIpc) is 3.01. The summed E-state index contributed by atoms with van der Waals surface area (Å²) in [6.45, 7) is 1.27. The van der Waals surface area contributed by atoms with Gasteiger partial charge in [-0.25, -0.2) is 0 Å². The van der Waals surface area contributed by atoms with Crippen LogP contribution in [0.2, 0.25) is 0 Å². The molecule has 2 aliphatic carbocycles. The van der Waals surface area contributed by atoms with Crippen LogP contribution in [0.25, 0.3) is 0 Å². The van der Waals surface area contributed by atoms with Gasteiger partial charge in [0, 0.05) is 25.9 Å². The van der Waals surface area contributed by atoms with Crippen LogP contribution in [0.1, 0.15) is 38.5 Å². The van der Waals surface area contributed by atoms with Crippen LogP contribution in [0.5, 0.6) is 0 Å². The largest absolute Gasteiger partial charge is 0.370 e. The summed E-state index contributed by atoms with van der Waals surface area (Å²) in [5.74, 6) is 0.352. The summed E-state index contributed by atoms with van der Waals surface area (Å²) < 4.78 is 11.8. The van der Waals surface area contributed by atoms with Crippen molar-refractivity contribution in [2.24, 2.45) is 10.7 Å². The summed E-state index contributed by atoms with van der Waals surface area (Å²) in [6, 6.07) is 0.607. The van der Waals surface area contributed by atoms with Gasteiger partial charge in [-0.2, -0.15) is 0 Å². The molecule has 0 aromatic rings. The Kier molecular flexibility index (Phi) is 3.20. The second-order valence-electron chi connectivity index (χ2n) is 5.71. The minimum Gasteiger partial charge on any atom is -0.370 e. The fourth-order valence-electron chi connectivity index (χ4n) is 2.84. The first-order chi connectivity index (χ1) is 8.69. The van der Waals surface area contributed by atoms with Gasteiger partial charge < -0.3 is 20.1 Å². The molecular formula is C13H23N3O2. The minimum atomic E-state index is -0.280. The van der Waals surface area contributed by atoms with Gasteiger partial charge in [0.25, 0.3) is 0 Å². The van der Waals surface area contributed by atoms with E-state index in [9.17, 15) is 0 Å². The van der Waals surface area contributed by atoms with E-state index < -0.39 is 0 Å². The molecule has 102 valence electrons. The van der Waals surface area contributed by atoms with E-state index in [2.05, 4.69) is 9.89 Å². The lowest BCUT2D eigenvalue weighted by Gasteiger charge is -2.21. The van der Waals surface area contributed by atoms with E-state index in [-0.39, 0.29) is 11.9 Å². The van der Waals surface area contributed by atoms with E-state index in [0.29, 0.717) is 25.2 Å². The van der Waals surface area contributed by atoms with E-state index in [4.69, 9.17) is 15.2 Å². The lowest BCUT2D eigenvalue weighted by atomic mass is 10.2. The molecule has 2 saturated carbocycles. The van der Waals surface area contributed by atoms with Crippen LogP contribution >= 0.6 is 0 Å².